The van der Waals surface area contributed by atoms with Gasteiger partial charge in [0.1, 0.15) is 0 Å². The van der Waals surface area contributed by atoms with Crippen LogP contribution in [0.4, 0.5) is 0 Å². The van der Waals surface area contributed by atoms with Gasteiger partial charge in [0.15, 0.2) is 23.0 Å². The molecular formula is C23H30N2O5. The van der Waals surface area contributed by atoms with Crippen LogP contribution in [0.15, 0.2) is 41.6 Å². The lowest BCUT2D eigenvalue weighted by atomic mass is 9.75. The van der Waals surface area contributed by atoms with Crippen molar-refractivity contribution >= 4 is 5.71 Å². The Morgan fingerprint density at radius 3 is 1.43 bits per heavy atom. The minimum Gasteiger partial charge on any atom is -0.493 e. The van der Waals surface area contributed by atoms with Gasteiger partial charge < -0.3 is 29.5 Å². The molecule has 4 atom stereocenters. The average molecular weight is 415 g/mol. The molecule has 0 bridgehead atoms. The van der Waals surface area contributed by atoms with Crippen LogP contribution in [-0.2, 0) is 0 Å². The van der Waals surface area contributed by atoms with Gasteiger partial charge in [-0.3, -0.25) is 0 Å². The Morgan fingerprint density at radius 1 is 0.700 bits per heavy atom. The predicted molar refractivity (Wildman–Crippen MR) is 115 cm³/mol. The molecule has 30 heavy (non-hydrogen) atoms. The first-order valence-corrected chi connectivity index (χ1v) is 9.90. The van der Waals surface area contributed by atoms with E-state index in [9.17, 15) is 5.21 Å². The van der Waals surface area contributed by atoms with Gasteiger partial charge in [-0.1, -0.05) is 31.1 Å². The van der Waals surface area contributed by atoms with Crippen molar-refractivity contribution in [3.63, 3.8) is 0 Å². The van der Waals surface area contributed by atoms with Gasteiger partial charge in [-0.2, -0.15) is 0 Å². The van der Waals surface area contributed by atoms with Crippen LogP contribution in [0.2, 0.25) is 0 Å². The molecule has 7 heteroatoms. The summed E-state index contributed by atoms with van der Waals surface area (Å²) in [6.07, 6.45) is 0. The van der Waals surface area contributed by atoms with Crippen molar-refractivity contribution in [2.75, 3.05) is 28.4 Å². The summed E-state index contributed by atoms with van der Waals surface area (Å²) in [7, 11) is 6.47. The van der Waals surface area contributed by atoms with Crippen LogP contribution in [0.5, 0.6) is 23.0 Å². The molecule has 1 aliphatic heterocycles. The van der Waals surface area contributed by atoms with Crippen molar-refractivity contribution in [3.05, 3.63) is 47.5 Å². The van der Waals surface area contributed by atoms with E-state index < -0.39 is 0 Å². The van der Waals surface area contributed by atoms with Crippen LogP contribution in [0.1, 0.15) is 37.1 Å². The third-order valence-electron chi connectivity index (χ3n) is 5.94. The SMILES string of the molecule is COc1ccc([C@H]2N[C@@H](c3ccc(OC)c(OC)c3)[C@@H](C)C(=NO)[C@H]2C)cc1OC. The summed E-state index contributed by atoms with van der Waals surface area (Å²) in [6, 6.07) is 11.6. The van der Waals surface area contributed by atoms with Crippen molar-refractivity contribution in [3.8, 4) is 23.0 Å². The number of ether oxygens (including phenoxy) is 4. The van der Waals surface area contributed by atoms with Crippen LogP contribution in [-0.4, -0.2) is 39.4 Å². The molecule has 1 fully saturated rings. The first-order chi connectivity index (χ1) is 14.5. The summed E-state index contributed by atoms with van der Waals surface area (Å²) < 4.78 is 21.7. The summed E-state index contributed by atoms with van der Waals surface area (Å²) in [5.74, 6) is 2.63. The fourth-order valence-corrected chi connectivity index (χ4v) is 4.28. The molecule has 0 aliphatic carbocycles. The minimum atomic E-state index is -0.0787. The second-order valence-corrected chi connectivity index (χ2v) is 7.45. The van der Waals surface area contributed by atoms with Gasteiger partial charge in [0.2, 0.25) is 0 Å². The van der Waals surface area contributed by atoms with Crippen LogP contribution < -0.4 is 24.3 Å². The topological polar surface area (TPSA) is 81.5 Å². The third-order valence-corrected chi connectivity index (χ3v) is 5.94. The molecule has 1 heterocycles. The van der Waals surface area contributed by atoms with Gasteiger partial charge in [0.05, 0.1) is 34.2 Å². The van der Waals surface area contributed by atoms with Gasteiger partial charge in [-0.25, -0.2) is 0 Å². The Morgan fingerprint density at radius 2 is 1.10 bits per heavy atom. The molecule has 0 aromatic heterocycles. The van der Waals surface area contributed by atoms with Crippen LogP contribution in [0.25, 0.3) is 0 Å². The Bertz CT molecular complexity index is 845. The molecule has 7 nitrogen and oxygen atoms in total. The van der Waals surface area contributed by atoms with E-state index >= 15 is 0 Å². The number of nitrogens with zero attached hydrogens (tertiary/aromatic N) is 1. The maximum Gasteiger partial charge on any atom is 0.161 e. The number of hydrogen-bond donors (Lipinski definition) is 2. The lowest BCUT2D eigenvalue weighted by molar-refractivity contribution is 0.270. The van der Waals surface area contributed by atoms with Crippen molar-refractivity contribution in [2.45, 2.75) is 25.9 Å². The smallest absolute Gasteiger partial charge is 0.161 e. The van der Waals surface area contributed by atoms with E-state index in [1.165, 1.54) is 0 Å². The molecule has 3 rings (SSSR count). The monoisotopic (exact) mass is 414 g/mol. The molecule has 2 aromatic rings. The molecule has 0 saturated carbocycles. The number of oxime groups is 1. The largest absolute Gasteiger partial charge is 0.493 e. The predicted octanol–water partition coefficient (Wildman–Crippen LogP) is 4.21. The van der Waals surface area contributed by atoms with E-state index in [1.807, 2.05) is 36.4 Å². The Hall–Kier alpha value is -2.93. The van der Waals surface area contributed by atoms with E-state index in [2.05, 4.69) is 24.3 Å². The summed E-state index contributed by atoms with van der Waals surface area (Å²) in [4.78, 5) is 0. The van der Waals surface area contributed by atoms with Crippen molar-refractivity contribution < 1.29 is 24.2 Å². The van der Waals surface area contributed by atoms with Gasteiger partial charge in [0, 0.05) is 23.9 Å². The van der Waals surface area contributed by atoms with Gasteiger partial charge >= 0.3 is 0 Å². The Kier molecular flexibility index (Phi) is 6.72. The lowest BCUT2D eigenvalue weighted by Gasteiger charge is -2.41. The maximum atomic E-state index is 9.80. The minimum absolute atomic E-state index is 0.0144. The van der Waals surface area contributed by atoms with Gasteiger partial charge in [-0.05, 0) is 35.4 Å². The second-order valence-electron chi connectivity index (χ2n) is 7.45. The molecule has 162 valence electrons. The molecule has 0 unspecified atom stereocenters. The van der Waals surface area contributed by atoms with Gasteiger partial charge in [-0.15, -0.1) is 0 Å². The second kappa shape index (κ2) is 9.26. The van der Waals surface area contributed by atoms with Gasteiger partial charge in [0.25, 0.3) is 0 Å². The molecule has 2 aromatic carbocycles. The van der Waals surface area contributed by atoms with Crippen LogP contribution in [0.3, 0.4) is 0 Å². The zero-order valence-corrected chi connectivity index (χ0v) is 18.3. The van der Waals surface area contributed by atoms with Crippen molar-refractivity contribution in [1.29, 1.82) is 0 Å². The highest BCUT2D eigenvalue weighted by Crippen LogP contribution is 2.42. The standard InChI is InChI=1S/C23H30N2O5/c1-13-21(25-26)14(2)23(16-8-10-18(28-4)20(12-16)30-6)24-22(13)15-7-9-17(27-3)19(11-15)29-5/h7-14,22-24,26H,1-6H3/t13-,14+,22+,23-. The van der Waals surface area contributed by atoms with Crippen LogP contribution >= 0.6 is 0 Å². The molecule has 1 aliphatic rings. The van der Waals surface area contributed by atoms with E-state index in [0.717, 1.165) is 16.8 Å². The summed E-state index contributed by atoms with van der Waals surface area (Å²) >= 11 is 0. The number of benzene rings is 2. The molecule has 0 amide bonds. The summed E-state index contributed by atoms with van der Waals surface area (Å²) in [5, 5.41) is 17.2. The zero-order chi connectivity index (χ0) is 21.8. The first kappa shape index (κ1) is 21.8. The fourth-order valence-electron chi connectivity index (χ4n) is 4.28. The average Bonchev–Trinajstić information content (AvgIpc) is 2.78. The van der Waals surface area contributed by atoms with Crippen LogP contribution in [0, 0.1) is 11.8 Å². The normalized spacial score (nSPS) is 25.1. The molecule has 2 N–H and O–H groups in total. The van der Waals surface area contributed by atoms with E-state index in [1.54, 1.807) is 28.4 Å². The van der Waals surface area contributed by atoms with Crippen molar-refractivity contribution in [1.82, 2.24) is 5.32 Å². The number of methoxy groups -OCH3 is 4. The number of hydrogen-bond acceptors (Lipinski definition) is 7. The van der Waals surface area contributed by atoms with E-state index in [0.29, 0.717) is 23.0 Å². The zero-order valence-electron chi connectivity index (χ0n) is 18.3. The van der Waals surface area contributed by atoms with Crippen molar-refractivity contribution in [2.24, 2.45) is 17.0 Å². The highest BCUT2D eigenvalue weighted by Gasteiger charge is 2.39. The fraction of sp³-hybridized carbons (Fsp3) is 0.435. The Labute approximate surface area is 177 Å². The number of nitrogens with one attached hydrogen (secondary N) is 1. The Balaban J connectivity index is 2.03. The molecule has 0 spiro atoms. The highest BCUT2D eigenvalue weighted by molar-refractivity contribution is 5.90. The third kappa shape index (κ3) is 3.89. The quantitative estimate of drug-likeness (QED) is 0.544. The van der Waals surface area contributed by atoms with E-state index in [-0.39, 0.29) is 23.9 Å². The van der Waals surface area contributed by atoms with E-state index in [4.69, 9.17) is 18.9 Å². The highest BCUT2D eigenvalue weighted by atomic mass is 16.5. The summed E-state index contributed by atoms with van der Waals surface area (Å²) in [6.45, 7) is 4.12. The number of rotatable bonds is 6. The lowest BCUT2D eigenvalue weighted by Crippen LogP contribution is -2.46. The maximum absolute atomic E-state index is 9.80. The first-order valence-electron chi connectivity index (χ1n) is 9.90. The molecule has 1 saturated heterocycles. The summed E-state index contributed by atoms with van der Waals surface area (Å²) in [5.41, 5.74) is 2.80. The molecular weight excluding hydrogens is 384 g/mol. The number of piperidine rings is 1. The molecule has 0 radical (unpaired) electrons.